The Morgan fingerprint density at radius 2 is 1.36 bits per heavy atom. The zero-order valence-corrected chi connectivity index (χ0v) is 39.3. The summed E-state index contributed by atoms with van der Waals surface area (Å²) in [5.74, 6) is -2.84. The van der Waals surface area contributed by atoms with Crippen molar-refractivity contribution in [3.8, 4) is 11.1 Å². The van der Waals surface area contributed by atoms with Gasteiger partial charge in [0.25, 0.3) is 5.91 Å². The summed E-state index contributed by atoms with van der Waals surface area (Å²) in [6, 6.07) is 13.8. The van der Waals surface area contributed by atoms with Crippen molar-refractivity contribution in [2.75, 3.05) is 71.1 Å². The van der Waals surface area contributed by atoms with Gasteiger partial charge in [-0.2, -0.15) is 9.82 Å². The third-order valence-electron chi connectivity index (χ3n) is 10.3. The minimum Gasteiger partial charge on any atom is -0.480 e. The predicted octanol–water partition coefficient (Wildman–Crippen LogP) is 1.51. The second-order valence-corrected chi connectivity index (χ2v) is 18.9. The molecule has 0 radical (unpaired) electrons. The van der Waals surface area contributed by atoms with Gasteiger partial charge in [-0.3, -0.25) is 23.9 Å². The quantitative estimate of drug-likeness (QED) is 0.0269. The summed E-state index contributed by atoms with van der Waals surface area (Å²) in [7, 11) is -8.19. The van der Waals surface area contributed by atoms with E-state index in [0.29, 0.717) is 94.6 Å². The van der Waals surface area contributed by atoms with Gasteiger partial charge in [0.2, 0.25) is 26.0 Å². The molecule has 23 nitrogen and oxygen atoms in total. The minimum atomic E-state index is -4.35. The van der Waals surface area contributed by atoms with Crippen LogP contribution in [0.3, 0.4) is 0 Å². The summed E-state index contributed by atoms with van der Waals surface area (Å²) in [5, 5.41) is 32.0. The number of imidazole rings is 1. The first-order chi connectivity index (χ1) is 33.1. The van der Waals surface area contributed by atoms with Crippen LogP contribution in [0.2, 0.25) is 0 Å². The Balaban J connectivity index is 0.958. The highest BCUT2D eigenvalue weighted by Gasteiger charge is 2.26. The number of fused-ring (bicyclic) bond motifs is 1. The fourth-order valence-corrected chi connectivity index (χ4v) is 8.76. The molecule has 2 atom stereocenters. The lowest BCUT2D eigenvalue weighted by molar-refractivity contribution is -0.139. The molecule has 0 bridgehead atoms. The molecule has 0 aliphatic carbocycles. The van der Waals surface area contributed by atoms with Crippen molar-refractivity contribution < 1.29 is 60.4 Å². The Kier molecular flexibility index (Phi) is 21.0. The first-order valence-corrected chi connectivity index (χ1v) is 25.0. The van der Waals surface area contributed by atoms with Crippen molar-refractivity contribution in [1.29, 1.82) is 0 Å². The number of aromatic amines is 1. The van der Waals surface area contributed by atoms with Crippen LogP contribution in [0.1, 0.15) is 42.5 Å². The minimum absolute atomic E-state index is 0.0270. The monoisotopic (exact) mass is 998 g/mol. The molecule has 5 aromatic rings. The lowest BCUT2D eigenvalue weighted by atomic mass is 10.1. The number of ether oxygens (including phenoxy) is 3. The molecular weight excluding hydrogens is 941 g/mol. The van der Waals surface area contributed by atoms with Gasteiger partial charge in [-0.15, -0.1) is 0 Å². The number of carboxylic acid groups (broad SMARTS) is 2. The van der Waals surface area contributed by atoms with E-state index in [4.69, 9.17) is 25.1 Å². The van der Waals surface area contributed by atoms with E-state index in [1.165, 1.54) is 36.4 Å². The van der Waals surface area contributed by atoms with E-state index in [1.54, 1.807) is 48.9 Å². The second-order valence-electron chi connectivity index (χ2n) is 15.4. The molecule has 69 heavy (non-hydrogen) atoms. The number of rotatable bonds is 33. The Hall–Kier alpha value is -6.32. The fourth-order valence-electron chi connectivity index (χ4n) is 6.50. The number of amides is 2. The number of carboxylic acids is 2. The lowest BCUT2D eigenvalue weighted by Crippen LogP contribution is -2.48. The predicted molar refractivity (Wildman–Crippen MR) is 252 cm³/mol. The number of H-pyrrole nitrogens is 1. The van der Waals surface area contributed by atoms with Crippen LogP contribution < -0.4 is 31.1 Å². The third kappa shape index (κ3) is 17.6. The Bertz CT molecular complexity index is 2650. The van der Waals surface area contributed by atoms with Crippen molar-refractivity contribution in [2.45, 2.75) is 60.5 Å². The number of hydrogen-bond donors (Lipinski definition) is 9. The normalized spacial score (nSPS) is 12.7. The number of sulfonamides is 2. The zero-order chi connectivity index (χ0) is 49.7. The summed E-state index contributed by atoms with van der Waals surface area (Å²) >= 11 is 0. The first kappa shape index (κ1) is 53.6. The van der Waals surface area contributed by atoms with E-state index < -0.39 is 56.5 Å². The number of nitrogens with two attached hydrogens (primary N) is 1. The highest BCUT2D eigenvalue weighted by atomic mass is 32.2. The maximum Gasteiger partial charge on any atom is 0.323 e. The van der Waals surface area contributed by atoms with Gasteiger partial charge in [-0.25, -0.2) is 26.5 Å². The van der Waals surface area contributed by atoms with Crippen molar-refractivity contribution in [3.05, 3.63) is 90.9 Å². The fraction of sp³-hybridized carbons (Fsp3) is 0.409. The average molecular weight is 999 g/mol. The van der Waals surface area contributed by atoms with Crippen molar-refractivity contribution in [2.24, 2.45) is 5.73 Å². The van der Waals surface area contributed by atoms with Gasteiger partial charge in [-0.05, 0) is 79.3 Å². The van der Waals surface area contributed by atoms with Gasteiger partial charge >= 0.3 is 11.9 Å². The number of hydrogen-bond acceptors (Lipinski definition) is 15. The van der Waals surface area contributed by atoms with E-state index in [0.717, 1.165) is 11.9 Å². The number of anilines is 1. The molecule has 0 fully saturated rings. The van der Waals surface area contributed by atoms with Gasteiger partial charge < -0.3 is 51.1 Å². The molecule has 374 valence electrons. The molecule has 25 heteroatoms. The van der Waals surface area contributed by atoms with Crippen molar-refractivity contribution in [1.82, 2.24) is 39.8 Å². The molecule has 2 heterocycles. The summed E-state index contributed by atoms with van der Waals surface area (Å²) in [5.41, 5.74) is 7.59. The summed E-state index contributed by atoms with van der Waals surface area (Å²) in [6.07, 6.45) is 6.85. The lowest BCUT2D eigenvalue weighted by Gasteiger charge is -2.16. The van der Waals surface area contributed by atoms with Gasteiger partial charge in [0.05, 0.1) is 47.9 Å². The second kappa shape index (κ2) is 27.0. The van der Waals surface area contributed by atoms with Gasteiger partial charge in [0.1, 0.15) is 12.1 Å². The van der Waals surface area contributed by atoms with Gasteiger partial charge in [-0.1, -0.05) is 24.3 Å². The van der Waals surface area contributed by atoms with Crippen LogP contribution in [0.4, 0.5) is 5.95 Å². The van der Waals surface area contributed by atoms with E-state index in [1.807, 2.05) is 4.68 Å². The van der Waals surface area contributed by atoms with Gasteiger partial charge in [0, 0.05) is 75.7 Å². The number of aryl methyl sites for hydroxylation is 1. The van der Waals surface area contributed by atoms with E-state index in [-0.39, 0.29) is 40.6 Å². The molecule has 3 aromatic carbocycles. The van der Waals surface area contributed by atoms with Crippen LogP contribution in [0, 0.1) is 0 Å². The standard InChI is InChI=1S/C44H58N10O13S2/c45-37(42(57)58)13-15-40(55)46-17-2-22-65-24-26-67-27-25-66-23-3-18-52-68(61,62)35-9-4-31(5-10-35)32-6-11-36(12-7-32)69(63,64)53-38(43(59)60)30-50-41(56)33-8-14-39-34(28-33)29-51-54(39)21-1-16-47-44-48-19-20-49-44/h4-12,14,19-20,28-29,37-38,52-53H,1-3,13,15-18,21-27,30,45H2,(H,46,55)(H,50,56)(H,57,58)(H,59,60)(H2,47,48,49). The maximum absolute atomic E-state index is 13.2. The van der Waals surface area contributed by atoms with Gasteiger partial charge in [0.15, 0.2) is 5.95 Å². The van der Waals surface area contributed by atoms with Crippen LogP contribution in [-0.4, -0.2) is 148 Å². The zero-order valence-electron chi connectivity index (χ0n) is 37.7. The molecule has 10 N–H and O–H groups in total. The summed E-state index contributed by atoms with van der Waals surface area (Å²) in [6.45, 7) is 3.28. The van der Waals surface area contributed by atoms with Crippen LogP contribution in [-0.2, 0) is 55.2 Å². The topological polar surface area (TPSA) is 337 Å². The molecule has 2 unspecified atom stereocenters. The van der Waals surface area contributed by atoms with Crippen LogP contribution in [0.25, 0.3) is 22.0 Å². The molecule has 5 rings (SSSR count). The molecule has 0 saturated carbocycles. The largest absolute Gasteiger partial charge is 0.480 e. The molecule has 2 aromatic heterocycles. The molecule has 0 aliphatic rings. The number of aliphatic carboxylic acids is 2. The Morgan fingerprint density at radius 1 is 0.739 bits per heavy atom. The number of nitrogens with zero attached hydrogens (tertiary/aromatic N) is 3. The van der Waals surface area contributed by atoms with Crippen LogP contribution in [0.5, 0.6) is 0 Å². The Labute approximate surface area is 399 Å². The number of carbonyl (C=O) groups excluding carboxylic acids is 2. The first-order valence-electron chi connectivity index (χ1n) is 22.0. The van der Waals surface area contributed by atoms with E-state index in [9.17, 15) is 41.1 Å². The number of benzene rings is 3. The number of nitrogens with one attached hydrogen (secondary N) is 6. The van der Waals surface area contributed by atoms with Crippen molar-refractivity contribution >= 4 is 60.7 Å². The van der Waals surface area contributed by atoms with Crippen molar-refractivity contribution in [3.63, 3.8) is 0 Å². The number of carbonyl (C=O) groups is 4. The molecule has 0 aliphatic heterocycles. The molecular formula is C44H58N10O13S2. The summed E-state index contributed by atoms with van der Waals surface area (Å²) in [4.78, 5) is 54.4. The van der Waals surface area contributed by atoms with E-state index >= 15 is 0 Å². The number of aromatic nitrogens is 4. The Morgan fingerprint density at radius 3 is 1.97 bits per heavy atom. The highest BCUT2D eigenvalue weighted by molar-refractivity contribution is 7.89. The molecule has 0 spiro atoms. The third-order valence-corrected chi connectivity index (χ3v) is 13.2. The highest BCUT2D eigenvalue weighted by Crippen LogP contribution is 2.24. The molecule has 0 saturated heterocycles. The molecule has 2 amide bonds. The smallest absolute Gasteiger partial charge is 0.323 e. The average Bonchev–Trinajstić information content (AvgIpc) is 4.02. The summed E-state index contributed by atoms with van der Waals surface area (Å²) < 4.78 is 75.1. The van der Waals surface area contributed by atoms with Crippen LogP contribution >= 0.6 is 0 Å². The van der Waals surface area contributed by atoms with E-state index in [2.05, 4.69) is 40.5 Å². The SMILES string of the molecule is NC(CCC(=O)NCCCOCCOCCOCCCNS(=O)(=O)c1ccc(-c2ccc(S(=O)(=O)NC(CNC(=O)c3ccc4c(cnn4CCCNc4ncc[nH]4)c3)C(=O)O)cc2)cc1)C(=O)O. The maximum atomic E-state index is 13.2. The van der Waals surface area contributed by atoms with Crippen LogP contribution in [0.15, 0.2) is 95.1 Å².